The zero-order chi connectivity index (χ0) is 20.8. The average molecular weight is 401 g/mol. The van der Waals surface area contributed by atoms with Gasteiger partial charge in [-0.05, 0) is 30.3 Å². The highest BCUT2D eigenvalue weighted by molar-refractivity contribution is 5.95. The molecular weight excluding hydrogens is 372 g/mol. The van der Waals surface area contributed by atoms with Crippen LogP contribution in [0, 0.1) is 0 Å². The Morgan fingerprint density at radius 2 is 1.48 bits per heavy atom. The summed E-state index contributed by atoms with van der Waals surface area (Å²) in [7, 11) is 6.45. The maximum Gasteiger partial charge on any atom is 0.254 e. The predicted octanol–water partition coefficient (Wildman–Crippen LogP) is 1.26. The molecule has 1 amide bonds. The van der Waals surface area contributed by atoms with Crippen molar-refractivity contribution in [2.75, 3.05) is 54.6 Å². The molecule has 1 aliphatic rings. The van der Waals surface area contributed by atoms with Gasteiger partial charge in [-0.1, -0.05) is 0 Å². The fourth-order valence-corrected chi connectivity index (χ4v) is 3.60. The summed E-state index contributed by atoms with van der Waals surface area (Å²) in [6, 6.07) is 11.3. The highest BCUT2D eigenvalue weighted by Gasteiger charge is 2.25. The number of carbonyl (C=O) groups is 1. The first-order chi connectivity index (χ1) is 14.1. The molecule has 0 spiro atoms. The van der Waals surface area contributed by atoms with Crippen LogP contribution in [0.3, 0.4) is 0 Å². The largest absolute Gasteiger partial charge is 0.497 e. The molecule has 3 rings (SSSR count). The van der Waals surface area contributed by atoms with Crippen LogP contribution in [0.1, 0.15) is 15.9 Å². The summed E-state index contributed by atoms with van der Waals surface area (Å²) in [5.41, 5.74) is 1.78. The van der Waals surface area contributed by atoms with Gasteiger partial charge >= 0.3 is 0 Å². The van der Waals surface area contributed by atoms with E-state index in [4.69, 9.17) is 18.9 Å². The van der Waals surface area contributed by atoms with Crippen LogP contribution in [0.2, 0.25) is 0 Å². The summed E-state index contributed by atoms with van der Waals surface area (Å²) in [6.07, 6.45) is 0. The van der Waals surface area contributed by atoms with Crippen molar-refractivity contribution in [2.24, 2.45) is 0 Å². The van der Waals surface area contributed by atoms with E-state index in [-0.39, 0.29) is 5.91 Å². The second-order valence-electron chi connectivity index (χ2n) is 7.01. The number of benzene rings is 2. The molecule has 2 aromatic carbocycles. The van der Waals surface area contributed by atoms with Gasteiger partial charge in [0.25, 0.3) is 5.91 Å². The van der Waals surface area contributed by atoms with Gasteiger partial charge in [-0.15, -0.1) is 0 Å². The lowest BCUT2D eigenvalue weighted by Crippen LogP contribution is -3.13. The molecule has 7 heteroatoms. The number of hydrogen-bond donors (Lipinski definition) is 1. The Bertz CT molecular complexity index is 825. The number of ether oxygens (including phenoxy) is 4. The molecule has 29 heavy (non-hydrogen) atoms. The SMILES string of the molecule is COc1cc(OC)cc(C(=O)N2CC[NH+](Cc3ccc(OC)c(OC)c3)CC2)c1. The number of carbonyl (C=O) groups excluding carboxylic acids is 1. The lowest BCUT2D eigenvalue weighted by molar-refractivity contribution is -0.917. The lowest BCUT2D eigenvalue weighted by atomic mass is 10.1. The molecule has 0 radical (unpaired) electrons. The van der Waals surface area contributed by atoms with Crippen molar-refractivity contribution in [2.45, 2.75) is 6.54 Å². The molecule has 0 aromatic heterocycles. The van der Waals surface area contributed by atoms with E-state index in [1.54, 1.807) is 46.6 Å². The van der Waals surface area contributed by atoms with E-state index >= 15 is 0 Å². The first kappa shape index (κ1) is 20.8. The highest BCUT2D eigenvalue weighted by atomic mass is 16.5. The van der Waals surface area contributed by atoms with Crippen molar-refractivity contribution in [3.63, 3.8) is 0 Å². The first-order valence-electron chi connectivity index (χ1n) is 9.64. The van der Waals surface area contributed by atoms with E-state index in [1.807, 2.05) is 17.0 Å². The number of amides is 1. The summed E-state index contributed by atoms with van der Waals surface area (Å²) in [5, 5.41) is 0. The molecule has 1 fully saturated rings. The summed E-state index contributed by atoms with van der Waals surface area (Å²) in [6.45, 7) is 4.08. The van der Waals surface area contributed by atoms with Crippen LogP contribution in [-0.4, -0.2) is 65.4 Å². The fraction of sp³-hybridized carbons (Fsp3) is 0.409. The van der Waals surface area contributed by atoms with Crippen LogP contribution in [0.4, 0.5) is 0 Å². The number of hydrogen-bond acceptors (Lipinski definition) is 5. The van der Waals surface area contributed by atoms with Crippen molar-refractivity contribution in [3.8, 4) is 23.0 Å². The Morgan fingerprint density at radius 1 is 0.862 bits per heavy atom. The van der Waals surface area contributed by atoms with Crippen LogP contribution < -0.4 is 23.8 Å². The normalized spacial score (nSPS) is 14.4. The predicted molar refractivity (Wildman–Crippen MR) is 109 cm³/mol. The summed E-state index contributed by atoms with van der Waals surface area (Å²) in [4.78, 5) is 16.3. The molecule has 0 unspecified atom stereocenters. The van der Waals surface area contributed by atoms with Gasteiger partial charge in [0.15, 0.2) is 11.5 Å². The van der Waals surface area contributed by atoms with Crippen molar-refractivity contribution in [3.05, 3.63) is 47.5 Å². The summed E-state index contributed by atoms with van der Waals surface area (Å²) >= 11 is 0. The maximum absolute atomic E-state index is 12.9. The molecular formula is C22H29N2O5+. The number of quaternary nitrogens is 1. The van der Waals surface area contributed by atoms with Crippen molar-refractivity contribution < 1.29 is 28.6 Å². The Balaban J connectivity index is 1.61. The van der Waals surface area contributed by atoms with Crippen molar-refractivity contribution in [1.29, 1.82) is 0 Å². The molecule has 1 N–H and O–H groups in total. The number of rotatable bonds is 7. The van der Waals surface area contributed by atoms with Gasteiger partial charge in [-0.25, -0.2) is 0 Å². The first-order valence-corrected chi connectivity index (χ1v) is 9.64. The minimum absolute atomic E-state index is 0.00682. The van der Waals surface area contributed by atoms with Gasteiger partial charge in [-0.3, -0.25) is 4.79 Å². The Kier molecular flexibility index (Phi) is 6.82. The van der Waals surface area contributed by atoms with E-state index < -0.39 is 0 Å². The zero-order valence-electron chi connectivity index (χ0n) is 17.5. The molecule has 156 valence electrons. The van der Waals surface area contributed by atoms with Crippen LogP contribution >= 0.6 is 0 Å². The third-order valence-electron chi connectivity index (χ3n) is 5.26. The molecule has 7 nitrogen and oxygen atoms in total. The molecule has 0 atom stereocenters. The van der Waals surface area contributed by atoms with E-state index in [9.17, 15) is 4.79 Å². The third kappa shape index (κ3) is 4.92. The van der Waals surface area contributed by atoms with Gasteiger partial charge in [0.05, 0.1) is 54.6 Å². The van der Waals surface area contributed by atoms with E-state index in [0.29, 0.717) is 30.2 Å². The van der Waals surface area contributed by atoms with Crippen molar-refractivity contribution in [1.82, 2.24) is 4.90 Å². The minimum Gasteiger partial charge on any atom is -0.497 e. The van der Waals surface area contributed by atoms with E-state index in [2.05, 4.69) is 6.07 Å². The smallest absolute Gasteiger partial charge is 0.254 e. The zero-order valence-corrected chi connectivity index (χ0v) is 17.5. The number of methoxy groups -OCH3 is 4. The summed E-state index contributed by atoms with van der Waals surface area (Å²) in [5.74, 6) is 2.71. The second-order valence-corrected chi connectivity index (χ2v) is 7.01. The van der Waals surface area contributed by atoms with E-state index in [0.717, 1.165) is 31.1 Å². The van der Waals surface area contributed by atoms with Crippen LogP contribution in [0.15, 0.2) is 36.4 Å². The van der Waals surface area contributed by atoms with E-state index in [1.165, 1.54) is 10.5 Å². The van der Waals surface area contributed by atoms with Crippen LogP contribution in [0.5, 0.6) is 23.0 Å². The number of nitrogens with zero attached hydrogens (tertiary/aromatic N) is 1. The molecule has 2 aromatic rings. The Morgan fingerprint density at radius 3 is 2.03 bits per heavy atom. The average Bonchev–Trinajstić information content (AvgIpc) is 2.78. The van der Waals surface area contributed by atoms with Crippen molar-refractivity contribution >= 4 is 5.91 Å². The monoisotopic (exact) mass is 401 g/mol. The summed E-state index contributed by atoms with van der Waals surface area (Å²) < 4.78 is 21.3. The van der Waals surface area contributed by atoms with Gasteiger partial charge < -0.3 is 28.7 Å². The Labute approximate surface area is 171 Å². The quantitative estimate of drug-likeness (QED) is 0.757. The van der Waals surface area contributed by atoms with Gasteiger partial charge in [0.1, 0.15) is 18.0 Å². The van der Waals surface area contributed by atoms with Gasteiger partial charge in [-0.2, -0.15) is 0 Å². The highest BCUT2D eigenvalue weighted by Crippen LogP contribution is 2.27. The molecule has 0 bridgehead atoms. The number of nitrogens with one attached hydrogen (secondary N) is 1. The molecule has 0 aliphatic carbocycles. The second kappa shape index (κ2) is 9.52. The van der Waals surface area contributed by atoms with Gasteiger partial charge in [0.2, 0.25) is 0 Å². The lowest BCUT2D eigenvalue weighted by Gasteiger charge is -2.32. The third-order valence-corrected chi connectivity index (χ3v) is 5.26. The van der Waals surface area contributed by atoms with Gasteiger partial charge in [0, 0.05) is 17.2 Å². The Hall–Kier alpha value is -2.93. The van der Waals surface area contributed by atoms with Crippen LogP contribution in [0.25, 0.3) is 0 Å². The molecule has 1 heterocycles. The molecule has 1 saturated heterocycles. The standard InChI is InChI=1S/C22H28N2O5/c1-26-18-12-17(13-19(14-18)27-2)22(25)24-9-7-23(8-10-24)15-16-5-6-20(28-3)21(11-16)29-4/h5-6,11-14H,7-10,15H2,1-4H3/p+1. The maximum atomic E-state index is 12.9. The molecule has 0 saturated carbocycles. The topological polar surface area (TPSA) is 61.7 Å². The van der Waals surface area contributed by atoms with Crippen LogP contribution in [-0.2, 0) is 6.54 Å². The fourth-order valence-electron chi connectivity index (χ4n) is 3.60. The molecule has 1 aliphatic heterocycles. The minimum atomic E-state index is 0.00682. The number of piperazine rings is 1.